The predicted octanol–water partition coefficient (Wildman–Crippen LogP) is 2.85. The summed E-state index contributed by atoms with van der Waals surface area (Å²) < 4.78 is 5.71. The topological polar surface area (TPSA) is 75.6 Å². The lowest BCUT2D eigenvalue weighted by Crippen LogP contribution is -2.40. The molecular formula is C17H23NO4. The summed E-state index contributed by atoms with van der Waals surface area (Å²) in [5.41, 5.74) is 0.222. The molecule has 120 valence electrons. The highest BCUT2D eigenvalue weighted by molar-refractivity contribution is 5.94. The Labute approximate surface area is 130 Å². The molecule has 1 aromatic carbocycles. The Hall–Kier alpha value is -2.04. The van der Waals surface area contributed by atoms with Gasteiger partial charge in [-0.1, -0.05) is 6.42 Å². The Balaban J connectivity index is 1.99. The zero-order valence-corrected chi connectivity index (χ0v) is 13.3. The molecule has 0 aliphatic heterocycles. The first-order valence-electron chi connectivity index (χ1n) is 7.59. The number of hydrogen-bond donors (Lipinski definition) is 2. The van der Waals surface area contributed by atoms with Gasteiger partial charge in [-0.25, -0.2) is 0 Å². The van der Waals surface area contributed by atoms with Crippen LogP contribution < -0.4 is 10.1 Å². The highest BCUT2D eigenvalue weighted by Crippen LogP contribution is 2.26. The maximum Gasteiger partial charge on any atom is 0.308 e. The lowest BCUT2D eigenvalue weighted by atomic mass is 10.0. The standard InChI is InChI=1S/C17H23NO4/c1-17(2,3)22-12-9-7-11(8-10-12)15(19)18-14-6-4-5-13(14)16(20)21/h7-10,13-14H,4-6H2,1-3H3,(H,18,19)(H,20,21)/t13-,14+/m0/s1. The number of carboxylic acid groups (broad SMARTS) is 1. The lowest BCUT2D eigenvalue weighted by molar-refractivity contribution is -0.142. The molecule has 22 heavy (non-hydrogen) atoms. The van der Waals surface area contributed by atoms with Crippen LogP contribution in [0.15, 0.2) is 24.3 Å². The van der Waals surface area contributed by atoms with Crippen LogP contribution in [-0.2, 0) is 4.79 Å². The molecule has 0 heterocycles. The second-order valence-electron chi connectivity index (χ2n) is 6.69. The van der Waals surface area contributed by atoms with Crippen LogP contribution in [0.3, 0.4) is 0 Å². The van der Waals surface area contributed by atoms with E-state index in [0.29, 0.717) is 24.2 Å². The summed E-state index contributed by atoms with van der Waals surface area (Å²) >= 11 is 0. The van der Waals surface area contributed by atoms with Gasteiger partial charge >= 0.3 is 5.97 Å². The zero-order valence-electron chi connectivity index (χ0n) is 13.3. The number of hydrogen-bond acceptors (Lipinski definition) is 3. The Morgan fingerprint density at radius 1 is 1.18 bits per heavy atom. The number of nitrogens with one attached hydrogen (secondary N) is 1. The van der Waals surface area contributed by atoms with E-state index in [1.165, 1.54) is 0 Å². The highest BCUT2D eigenvalue weighted by Gasteiger charge is 2.33. The average molecular weight is 305 g/mol. The SMILES string of the molecule is CC(C)(C)Oc1ccc(C(=O)N[C@@H]2CCC[C@@H]2C(=O)O)cc1. The molecule has 0 spiro atoms. The summed E-state index contributed by atoms with van der Waals surface area (Å²) in [5.74, 6) is -0.849. The van der Waals surface area contributed by atoms with Crippen molar-refractivity contribution in [1.82, 2.24) is 5.32 Å². The van der Waals surface area contributed by atoms with Gasteiger partial charge in [0.25, 0.3) is 5.91 Å². The van der Waals surface area contributed by atoms with Gasteiger partial charge in [0.15, 0.2) is 0 Å². The van der Waals surface area contributed by atoms with Gasteiger partial charge < -0.3 is 15.2 Å². The number of carbonyl (C=O) groups excluding carboxylic acids is 1. The lowest BCUT2D eigenvalue weighted by Gasteiger charge is -2.21. The van der Waals surface area contributed by atoms with Gasteiger partial charge in [-0.05, 0) is 57.9 Å². The molecule has 0 aromatic heterocycles. The molecule has 5 heteroatoms. The molecule has 1 aromatic rings. The molecule has 1 aliphatic carbocycles. The molecule has 0 radical (unpaired) electrons. The van der Waals surface area contributed by atoms with Crippen molar-refractivity contribution in [3.05, 3.63) is 29.8 Å². The predicted molar refractivity (Wildman–Crippen MR) is 83.1 cm³/mol. The third-order valence-corrected chi connectivity index (χ3v) is 3.69. The first-order chi connectivity index (χ1) is 10.3. The van der Waals surface area contributed by atoms with Gasteiger partial charge in [-0.2, -0.15) is 0 Å². The van der Waals surface area contributed by atoms with E-state index >= 15 is 0 Å². The van der Waals surface area contributed by atoms with Crippen molar-refractivity contribution in [3.8, 4) is 5.75 Å². The van der Waals surface area contributed by atoms with Crippen LogP contribution in [-0.4, -0.2) is 28.6 Å². The van der Waals surface area contributed by atoms with Crippen LogP contribution in [0.25, 0.3) is 0 Å². The summed E-state index contributed by atoms with van der Waals surface area (Å²) in [4.78, 5) is 23.4. The number of aliphatic carboxylic acids is 1. The second-order valence-corrected chi connectivity index (χ2v) is 6.69. The summed E-state index contributed by atoms with van der Waals surface area (Å²) in [7, 11) is 0. The summed E-state index contributed by atoms with van der Waals surface area (Å²) in [5, 5.41) is 12.0. The van der Waals surface area contributed by atoms with Crippen LogP contribution in [0.5, 0.6) is 5.75 Å². The fourth-order valence-corrected chi connectivity index (χ4v) is 2.71. The van der Waals surface area contributed by atoms with E-state index in [1.807, 2.05) is 20.8 Å². The molecule has 1 amide bonds. The monoisotopic (exact) mass is 305 g/mol. The molecule has 0 unspecified atom stereocenters. The third kappa shape index (κ3) is 4.23. The van der Waals surface area contributed by atoms with Crippen LogP contribution in [0.1, 0.15) is 50.4 Å². The van der Waals surface area contributed by atoms with Crippen molar-refractivity contribution in [1.29, 1.82) is 0 Å². The molecule has 5 nitrogen and oxygen atoms in total. The van der Waals surface area contributed by atoms with Gasteiger partial charge in [0.05, 0.1) is 5.92 Å². The van der Waals surface area contributed by atoms with Crippen molar-refractivity contribution in [2.45, 2.75) is 51.7 Å². The highest BCUT2D eigenvalue weighted by atomic mass is 16.5. The van der Waals surface area contributed by atoms with E-state index in [1.54, 1.807) is 24.3 Å². The molecule has 1 fully saturated rings. The van der Waals surface area contributed by atoms with Crippen LogP contribution >= 0.6 is 0 Å². The van der Waals surface area contributed by atoms with Crippen molar-refractivity contribution in [3.63, 3.8) is 0 Å². The molecule has 2 atom stereocenters. The number of carboxylic acids is 1. The smallest absolute Gasteiger partial charge is 0.308 e. The minimum absolute atomic E-state index is 0.236. The number of benzene rings is 1. The van der Waals surface area contributed by atoms with Crippen molar-refractivity contribution >= 4 is 11.9 Å². The van der Waals surface area contributed by atoms with E-state index in [9.17, 15) is 9.59 Å². The van der Waals surface area contributed by atoms with Crippen LogP contribution in [0.4, 0.5) is 0 Å². The molecule has 0 saturated heterocycles. The molecule has 2 N–H and O–H groups in total. The quantitative estimate of drug-likeness (QED) is 0.897. The van der Waals surface area contributed by atoms with Crippen LogP contribution in [0, 0.1) is 5.92 Å². The third-order valence-electron chi connectivity index (χ3n) is 3.69. The van der Waals surface area contributed by atoms with E-state index in [4.69, 9.17) is 9.84 Å². The fraction of sp³-hybridized carbons (Fsp3) is 0.529. The number of amides is 1. The van der Waals surface area contributed by atoms with E-state index < -0.39 is 11.9 Å². The van der Waals surface area contributed by atoms with Gasteiger partial charge in [-0.15, -0.1) is 0 Å². The van der Waals surface area contributed by atoms with Gasteiger partial charge in [0.1, 0.15) is 11.4 Å². The Morgan fingerprint density at radius 3 is 2.36 bits per heavy atom. The van der Waals surface area contributed by atoms with Crippen molar-refractivity contribution < 1.29 is 19.4 Å². The Kier molecular flexibility index (Phi) is 4.74. The first kappa shape index (κ1) is 16.3. The average Bonchev–Trinajstić information content (AvgIpc) is 2.86. The van der Waals surface area contributed by atoms with Crippen LogP contribution in [0.2, 0.25) is 0 Å². The Bertz CT molecular complexity index is 545. The van der Waals surface area contributed by atoms with Gasteiger partial charge in [0, 0.05) is 11.6 Å². The summed E-state index contributed by atoms with van der Waals surface area (Å²) in [6.07, 6.45) is 2.17. The molecular weight excluding hydrogens is 282 g/mol. The van der Waals surface area contributed by atoms with Gasteiger partial charge in [0.2, 0.25) is 0 Å². The molecule has 1 aliphatic rings. The largest absolute Gasteiger partial charge is 0.488 e. The van der Waals surface area contributed by atoms with E-state index in [0.717, 1.165) is 6.42 Å². The maximum absolute atomic E-state index is 12.2. The maximum atomic E-state index is 12.2. The minimum atomic E-state index is -0.836. The zero-order chi connectivity index (χ0) is 16.3. The second kappa shape index (κ2) is 6.38. The van der Waals surface area contributed by atoms with E-state index in [2.05, 4.69) is 5.32 Å². The number of rotatable bonds is 4. The van der Waals surface area contributed by atoms with Crippen molar-refractivity contribution in [2.24, 2.45) is 5.92 Å². The molecule has 0 bridgehead atoms. The van der Waals surface area contributed by atoms with Gasteiger partial charge in [-0.3, -0.25) is 9.59 Å². The normalized spacial score (nSPS) is 21.4. The summed E-state index contributed by atoms with van der Waals surface area (Å²) in [6, 6.07) is 6.62. The summed E-state index contributed by atoms with van der Waals surface area (Å²) in [6.45, 7) is 5.87. The molecule has 1 saturated carbocycles. The van der Waals surface area contributed by atoms with Crippen molar-refractivity contribution in [2.75, 3.05) is 0 Å². The minimum Gasteiger partial charge on any atom is -0.488 e. The fourth-order valence-electron chi connectivity index (χ4n) is 2.71. The first-order valence-corrected chi connectivity index (χ1v) is 7.59. The van der Waals surface area contributed by atoms with E-state index in [-0.39, 0.29) is 17.6 Å². The number of ether oxygens (including phenoxy) is 1. The molecule has 2 rings (SSSR count). The Morgan fingerprint density at radius 2 is 1.82 bits per heavy atom. The number of carbonyl (C=O) groups is 2.